The zero-order chi connectivity index (χ0) is 27.3. The fourth-order valence-electron chi connectivity index (χ4n) is 4.16. The number of thiazole rings is 1. The van der Waals surface area contributed by atoms with Crippen LogP contribution in [-0.2, 0) is 22.6 Å². The summed E-state index contributed by atoms with van der Waals surface area (Å²) >= 11 is 0.925. The number of carbonyl (C=O) groups excluding carboxylic acids is 1. The monoisotopic (exact) mass is 542 g/mol. The molecule has 1 atom stereocenters. The first kappa shape index (κ1) is 29.2. The lowest BCUT2D eigenvalue weighted by molar-refractivity contribution is -0.00500. The number of aromatic hydroxyl groups is 1. The van der Waals surface area contributed by atoms with E-state index in [1.807, 2.05) is 36.6 Å². The van der Waals surface area contributed by atoms with Crippen molar-refractivity contribution in [2.45, 2.75) is 71.1 Å². The van der Waals surface area contributed by atoms with Crippen LogP contribution in [0.4, 0.5) is 4.79 Å². The highest BCUT2D eigenvalue weighted by atomic mass is 32.1. The normalized spacial score (nSPS) is 15.1. The molecule has 0 aliphatic heterocycles. The Kier molecular flexibility index (Phi) is 11.7. The Morgan fingerprint density at radius 2 is 2.00 bits per heavy atom. The molecule has 0 saturated heterocycles. The van der Waals surface area contributed by atoms with Gasteiger partial charge in [-0.2, -0.15) is 0 Å². The molecule has 0 radical (unpaired) electrons. The van der Waals surface area contributed by atoms with Crippen LogP contribution in [0.25, 0.3) is 0 Å². The Morgan fingerprint density at radius 3 is 2.68 bits per heavy atom. The van der Waals surface area contributed by atoms with E-state index in [1.54, 1.807) is 7.05 Å². The van der Waals surface area contributed by atoms with Crippen molar-refractivity contribution >= 4 is 23.7 Å². The summed E-state index contributed by atoms with van der Waals surface area (Å²) in [7, 11) is 1.78. The lowest BCUT2D eigenvalue weighted by atomic mass is 9.98. The zero-order valence-corrected chi connectivity index (χ0v) is 23.1. The molecule has 9 heteroatoms. The van der Waals surface area contributed by atoms with Crippen LogP contribution < -0.4 is 9.61 Å². The Hall–Kier alpha value is -3.33. The van der Waals surface area contributed by atoms with E-state index in [4.69, 9.17) is 14.2 Å². The van der Waals surface area contributed by atoms with E-state index in [-0.39, 0.29) is 18.7 Å². The summed E-state index contributed by atoms with van der Waals surface area (Å²) in [4.78, 5) is 28.5. The van der Waals surface area contributed by atoms with Gasteiger partial charge in [0.05, 0.1) is 11.5 Å². The molecule has 1 unspecified atom stereocenters. The average Bonchev–Trinajstić information content (AvgIpc) is 3.18. The summed E-state index contributed by atoms with van der Waals surface area (Å²) in [5, 5.41) is 10.5. The summed E-state index contributed by atoms with van der Waals surface area (Å²) in [6.07, 6.45) is 12.0. The first-order valence-corrected chi connectivity index (χ1v) is 14.0. The maximum absolute atomic E-state index is 12.4. The first-order valence-electron chi connectivity index (χ1n) is 13.1. The summed E-state index contributed by atoms with van der Waals surface area (Å²) in [6, 6.07) is 7.51. The molecule has 1 saturated carbocycles. The molecule has 0 bridgehead atoms. The molecule has 1 aromatic heterocycles. The maximum atomic E-state index is 12.4. The van der Waals surface area contributed by atoms with Gasteiger partial charge in [0.1, 0.15) is 11.9 Å². The van der Waals surface area contributed by atoms with Crippen molar-refractivity contribution in [2.24, 2.45) is 10.9 Å². The Balaban J connectivity index is 1.46. The van der Waals surface area contributed by atoms with Gasteiger partial charge < -0.3 is 24.3 Å². The third-order valence-corrected chi connectivity index (χ3v) is 7.40. The van der Waals surface area contributed by atoms with Gasteiger partial charge in [0.2, 0.25) is 5.88 Å². The van der Waals surface area contributed by atoms with E-state index < -0.39 is 11.0 Å². The summed E-state index contributed by atoms with van der Waals surface area (Å²) < 4.78 is 17.3. The van der Waals surface area contributed by atoms with Crippen LogP contribution in [0.15, 0.2) is 58.4 Å². The number of aromatic nitrogens is 1. The van der Waals surface area contributed by atoms with Gasteiger partial charge in [0.25, 0.3) is 0 Å². The Labute approximate surface area is 228 Å². The van der Waals surface area contributed by atoms with Gasteiger partial charge in [-0.05, 0) is 49.8 Å². The smallest absolute Gasteiger partial charge is 0.494 e. The molecule has 0 amide bonds. The van der Waals surface area contributed by atoms with E-state index in [2.05, 4.69) is 24.6 Å². The fraction of sp³-hybridized carbons (Fsp3) is 0.483. The lowest BCUT2D eigenvalue weighted by Gasteiger charge is -2.21. The van der Waals surface area contributed by atoms with E-state index in [1.165, 1.54) is 0 Å². The van der Waals surface area contributed by atoms with Crippen LogP contribution in [0, 0.1) is 5.92 Å². The molecule has 1 fully saturated rings. The quantitative estimate of drug-likeness (QED) is 0.182. The molecule has 206 valence electrons. The van der Waals surface area contributed by atoms with Gasteiger partial charge in [-0.3, -0.25) is 4.79 Å². The minimum atomic E-state index is -0.817. The molecular weight excluding hydrogens is 504 g/mol. The lowest BCUT2D eigenvalue weighted by Crippen LogP contribution is -2.23. The number of rotatable bonds is 13. The number of ether oxygens (including phenoxy) is 3. The second-order valence-electron chi connectivity index (χ2n) is 9.36. The van der Waals surface area contributed by atoms with E-state index in [9.17, 15) is 14.7 Å². The molecule has 1 N–H and O–H groups in total. The highest BCUT2D eigenvalue weighted by molar-refractivity contribution is 7.09. The minimum absolute atomic E-state index is 0.137. The highest BCUT2D eigenvalue weighted by Gasteiger charge is 2.20. The molecule has 0 spiro atoms. The van der Waals surface area contributed by atoms with Gasteiger partial charge >= 0.3 is 11.0 Å². The van der Waals surface area contributed by atoms with E-state index >= 15 is 0 Å². The molecule has 3 rings (SSSR count). The van der Waals surface area contributed by atoms with Crippen molar-refractivity contribution in [3.05, 3.63) is 68.7 Å². The van der Waals surface area contributed by atoms with E-state index in [0.717, 1.165) is 71.3 Å². The topological polar surface area (TPSA) is 99.3 Å². The molecule has 2 aromatic rings. The van der Waals surface area contributed by atoms with Crippen LogP contribution in [-0.4, -0.2) is 41.8 Å². The zero-order valence-electron chi connectivity index (χ0n) is 22.3. The predicted octanol–water partition coefficient (Wildman–Crippen LogP) is 6.26. The van der Waals surface area contributed by atoms with Crippen LogP contribution in [0.2, 0.25) is 0 Å². The number of hydrogen-bond donors (Lipinski definition) is 1. The van der Waals surface area contributed by atoms with Crippen molar-refractivity contribution in [1.82, 2.24) is 4.57 Å². The van der Waals surface area contributed by atoms with Crippen molar-refractivity contribution in [1.29, 1.82) is 0 Å². The maximum Gasteiger partial charge on any atom is 0.510 e. The number of benzene rings is 1. The number of carbonyl (C=O) groups is 1. The summed E-state index contributed by atoms with van der Waals surface area (Å²) in [5.41, 5.74) is 1.90. The van der Waals surface area contributed by atoms with Crippen LogP contribution in [0.5, 0.6) is 11.6 Å². The number of aliphatic imine (C=N–C) groups is 1. The second-order valence-corrected chi connectivity index (χ2v) is 10.4. The molecule has 8 nitrogen and oxygen atoms in total. The minimum Gasteiger partial charge on any atom is -0.494 e. The standard InChI is InChI=1S/C29H38N2O6S/c1-4-22(19-30-3)11-10-21(2)16-17-35-24-14-12-23(13-15-24)18-26-27(32)31(28(33)38-26)20-36-29(34)37-25-8-6-5-7-9-25/h10-15,19,22,25,32H,2,4-9,16-18,20H2,1,3H3/b11-10-,30-19?. The first-order chi connectivity index (χ1) is 18.4. The third-order valence-electron chi connectivity index (χ3n) is 6.43. The van der Waals surface area contributed by atoms with Crippen molar-refractivity contribution in [2.75, 3.05) is 13.7 Å². The van der Waals surface area contributed by atoms with Gasteiger partial charge in [-0.25, -0.2) is 9.36 Å². The van der Waals surface area contributed by atoms with Gasteiger partial charge in [-0.1, -0.05) is 61.1 Å². The van der Waals surface area contributed by atoms with Gasteiger partial charge in [0, 0.05) is 32.0 Å². The number of nitrogens with zero attached hydrogens (tertiary/aromatic N) is 2. The highest BCUT2D eigenvalue weighted by Crippen LogP contribution is 2.25. The van der Waals surface area contributed by atoms with Crippen molar-refractivity contribution in [3.63, 3.8) is 0 Å². The number of hydrogen-bond acceptors (Lipinski definition) is 8. The SMILES string of the molecule is C=C(/C=C\C(C=NC)CC)CCOc1ccc(Cc2sc(=O)n(COC(=O)OC3CCCCC3)c2O)cc1. The summed E-state index contributed by atoms with van der Waals surface area (Å²) in [5.74, 6) is 0.846. The van der Waals surface area contributed by atoms with E-state index in [0.29, 0.717) is 30.2 Å². The molecule has 1 aliphatic rings. The Bertz CT molecular complexity index is 1160. The fourth-order valence-corrected chi connectivity index (χ4v) is 5.06. The van der Waals surface area contributed by atoms with Crippen molar-refractivity contribution < 1.29 is 24.1 Å². The molecule has 1 heterocycles. The predicted molar refractivity (Wildman–Crippen MR) is 151 cm³/mol. The molecule has 1 aromatic carbocycles. The van der Waals surface area contributed by atoms with Gasteiger partial charge in [0.15, 0.2) is 6.73 Å². The van der Waals surface area contributed by atoms with Crippen LogP contribution in [0.3, 0.4) is 0 Å². The third kappa shape index (κ3) is 9.20. The number of allylic oxidation sites excluding steroid dienone is 2. The Morgan fingerprint density at radius 1 is 1.26 bits per heavy atom. The molecule has 1 aliphatic carbocycles. The van der Waals surface area contributed by atoms with Crippen molar-refractivity contribution in [3.8, 4) is 11.6 Å². The second kappa shape index (κ2) is 15.2. The molecular formula is C29H38N2O6S. The molecule has 38 heavy (non-hydrogen) atoms. The van der Waals surface area contributed by atoms with Gasteiger partial charge in [-0.15, -0.1) is 0 Å². The summed E-state index contributed by atoms with van der Waals surface area (Å²) in [6.45, 7) is 6.33. The van der Waals surface area contributed by atoms with Crippen LogP contribution >= 0.6 is 11.3 Å². The average molecular weight is 543 g/mol. The largest absolute Gasteiger partial charge is 0.510 e. The van der Waals surface area contributed by atoms with Crippen LogP contribution in [0.1, 0.15) is 62.3 Å².